The molecule has 0 spiro atoms. The third kappa shape index (κ3) is 3.01. The average molecular weight is 272 g/mol. The zero-order valence-corrected chi connectivity index (χ0v) is 9.90. The van der Waals surface area contributed by atoms with E-state index < -0.39 is 0 Å². The fourth-order valence-electron chi connectivity index (χ4n) is 1.59. The molecule has 0 aromatic heterocycles. The molecule has 0 aliphatic carbocycles. The molecule has 1 aliphatic rings. The normalized spacial score (nSPS) is 25.7. The van der Waals surface area contributed by atoms with Gasteiger partial charge in [-0.3, -0.25) is 0 Å². The van der Waals surface area contributed by atoms with E-state index in [-0.39, 0.29) is 12.1 Å². The van der Waals surface area contributed by atoms with Crippen LogP contribution in [0.15, 0.2) is 28.7 Å². The third-order valence-corrected chi connectivity index (χ3v) is 3.06. The summed E-state index contributed by atoms with van der Waals surface area (Å²) in [5.41, 5.74) is 1.21. The lowest BCUT2D eigenvalue weighted by molar-refractivity contribution is 0.122. The first kappa shape index (κ1) is 11.1. The second-order valence-corrected chi connectivity index (χ2v) is 4.63. The van der Waals surface area contributed by atoms with E-state index in [4.69, 9.17) is 4.74 Å². The van der Waals surface area contributed by atoms with Crippen LogP contribution in [0.3, 0.4) is 0 Å². The molecule has 4 heteroatoms. The first-order valence-corrected chi connectivity index (χ1v) is 5.78. The van der Waals surface area contributed by atoms with Crippen molar-refractivity contribution in [3.05, 3.63) is 34.3 Å². The predicted octanol–water partition coefficient (Wildman–Crippen LogP) is 1.30. The molecular weight excluding hydrogens is 258 g/mol. The van der Waals surface area contributed by atoms with Crippen molar-refractivity contribution in [2.24, 2.45) is 0 Å². The highest BCUT2D eigenvalue weighted by atomic mass is 79.9. The molecule has 1 aromatic rings. The van der Waals surface area contributed by atoms with Crippen LogP contribution in [0.25, 0.3) is 0 Å². The summed E-state index contributed by atoms with van der Waals surface area (Å²) in [7, 11) is 0. The number of halogens is 1. The van der Waals surface area contributed by atoms with Crippen molar-refractivity contribution in [2.45, 2.75) is 18.7 Å². The predicted molar refractivity (Wildman–Crippen MR) is 61.6 cm³/mol. The van der Waals surface area contributed by atoms with Crippen LogP contribution in [0, 0.1) is 0 Å². The number of nitrogens with one attached hydrogen (secondary N) is 1. The van der Waals surface area contributed by atoms with Crippen LogP contribution >= 0.6 is 15.9 Å². The molecule has 2 unspecified atom stereocenters. The average Bonchev–Trinajstić information content (AvgIpc) is 2.63. The van der Waals surface area contributed by atoms with Gasteiger partial charge in [-0.15, -0.1) is 0 Å². The molecule has 1 heterocycles. The molecule has 0 radical (unpaired) electrons. The molecule has 82 valence electrons. The van der Waals surface area contributed by atoms with E-state index in [0.29, 0.717) is 13.2 Å². The van der Waals surface area contributed by atoms with E-state index in [0.717, 1.165) is 11.0 Å². The van der Waals surface area contributed by atoms with Gasteiger partial charge in [-0.1, -0.05) is 28.1 Å². The number of hydrogen-bond donors (Lipinski definition) is 2. The summed E-state index contributed by atoms with van der Waals surface area (Å²) in [6, 6.07) is 8.20. The van der Waals surface area contributed by atoms with Gasteiger partial charge in [0.25, 0.3) is 0 Å². The molecule has 2 N–H and O–H groups in total. The van der Waals surface area contributed by atoms with Crippen molar-refractivity contribution >= 4 is 15.9 Å². The van der Waals surface area contributed by atoms with Crippen LogP contribution < -0.4 is 5.32 Å². The van der Waals surface area contributed by atoms with E-state index in [2.05, 4.69) is 33.4 Å². The Morgan fingerprint density at radius 2 is 2.07 bits per heavy atom. The van der Waals surface area contributed by atoms with Gasteiger partial charge in [0.2, 0.25) is 0 Å². The zero-order chi connectivity index (χ0) is 10.7. The fourth-order valence-corrected chi connectivity index (χ4v) is 1.85. The van der Waals surface area contributed by atoms with E-state index >= 15 is 0 Å². The van der Waals surface area contributed by atoms with Crippen molar-refractivity contribution < 1.29 is 9.84 Å². The Morgan fingerprint density at radius 1 is 1.33 bits per heavy atom. The molecule has 2 rings (SSSR count). The molecule has 2 atom stereocenters. The first-order chi connectivity index (χ1) is 7.25. The minimum atomic E-state index is -0.375. The summed E-state index contributed by atoms with van der Waals surface area (Å²) in [6.07, 6.45) is -0.375. The van der Waals surface area contributed by atoms with Gasteiger partial charge in [0.1, 0.15) is 0 Å². The molecule has 1 aromatic carbocycles. The number of aliphatic hydroxyl groups is 1. The van der Waals surface area contributed by atoms with Gasteiger partial charge in [-0.2, -0.15) is 0 Å². The van der Waals surface area contributed by atoms with Crippen LogP contribution in [0.2, 0.25) is 0 Å². The summed E-state index contributed by atoms with van der Waals surface area (Å²) in [5.74, 6) is 0. The molecule has 0 saturated carbocycles. The van der Waals surface area contributed by atoms with E-state index in [9.17, 15) is 5.11 Å². The van der Waals surface area contributed by atoms with E-state index in [1.54, 1.807) is 0 Å². The lowest BCUT2D eigenvalue weighted by Gasteiger charge is -2.14. The number of ether oxygens (including phenoxy) is 1. The number of hydrogen-bond acceptors (Lipinski definition) is 3. The van der Waals surface area contributed by atoms with Crippen LogP contribution in [-0.2, 0) is 11.3 Å². The quantitative estimate of drug-likeness (QED) is 0.871. The van der Waals surface area contributed by atoms with Crippen LogP contribution in [-0.4, -0.2) is 30.5 Å². The second-order valence-electron chi connectivity index (χ2n) is 3.72. The van der Waals surface area contributed by atoms with Gasteiger partial charge in [-0.25, -0.2) is 0 Å². The van der Waals surface area contributed by atoms with Crippen molar-refractivity contribution in [3.63, 3.8) is 0 Å². The topological polar surface area (TPSA) is 41.5 Å². The van der Waals surface area contributed by atoms with Crippen molar-refractivity contribution in [2.75, 3.05) is 13.2 Å². The standard InChI is InChI=1S/C11H14BrNO2/c12-9-3-1-8(2-4-9)5-13-10-6-15-7-11(10)14/h1-4,10-11,13-14H,5-7H2. The third-order valence-electron chi connectivity index (χ3n) is 2.53. The second kappa shape index (κ2) is 5.07. The molecule has 3 nitrogen and oxygen atoms in total. The first-order valence-electron chi connectivity index (χ1n) is 4.99. The number of rotatable bonds is 3. The Labute approximate surface area is 97.6 Å². The summed E-state index contributed by atoms with van der Waals surface area (Å²) in [5, 5.41) is 12.8. The number of benzene rings is 1. The SMILES string of the molecule is OC1COCC1NCc1ccc(Br)cc1. The van der Waals surface area contributed by atoms with E-state index in [1.807, 2.05) is 12.1 Å². The van der Waals surface area contributed by atoms with Crippen molar-refractivity contribution in [3.8, 4) is 0 Å². The summed E-state index contributed by atoms with van der Waals surface area (Å²) >= 11 is 3.39. The Balaban J connectivity index is 1.85. The largest absolute Gasteiger partial charge is 0.389 e. The summed E-state index contributed by atoms with van der Waals surface area (Å²) in [6.45, 7) is 1.80. The minimum absolute atomic E-state index is 0.0636. The molecule has 0 amide bonds. The Kier molecular flexibility index (Phi) is 3.75. The monoisotopic (exact) mass is 271 g/mol. The Bertz CT molecular complexity index is 315. The maximum atomic E-state index is 9.52. The van der Waals surface area contributed by atoms with Gasteiger partial charge < -0.3 is 15.2 Å². The summed E-state index contributed by atoms with van der Waals surface area (Å²) < 4.78 is 6.24. The molecule has 0 bridgehead atoms. The van der Waals surface area contributed by atoms with E-state index in [1.165, 1.54) is 5.56 Å². The summed E-state index contributed by atoms with van der Waals surface area (Å²) in [4.78, 5) is 0. The molecule has 15 heavy (non-hydrogen) atoms. The fraction of sp³-hybridized carbons (Fsp3) is 0.455. The maximum Gasteiger partial charge on any atom is 0.0948 e. The Morgan fingerprint density at radius 3 is 2.67 bits per heavy atom. The van der Waals surface area contributed by atoms with Gasteiger partial charge in [0.05, 0.1) is 25.4 Å². The zero-order valence-electron chi connectivity index (χ0n) is 8.32. The maximum absolute atomic E-state index is 9.52. The van der Waals surface area contributed by atoms with Crippen LogP contribution in [0.4, 0.5) is 0 Å². The highest BCUT2D eigenvalue weighted by Crippen LogP contribution is 2.11. The van der Waals surface area contributed by atoms with Gasteiger partial charge in [0.15, 0.2) is 0 Å². The van der Waals surface area contributed by atoms with Crippen molar-refractivity contribution in [1.29, 1.82) is 0 Å². The van der Waals surface area contributed by atoms with Gasteiger partial charge in [-0.05, 0) is 17.7 Å². The molecule has 1 fully saturated rings. The molecular formula is C11H14BrNO2. The van der Waals surface area contributed by atoms with Crippen LogP contribution in [0.1, 0.15) is 5.56 Å². The van der Waals surface area contributed by atoms with Gasteiger partial charge in [0, 0.05) is 11.0 Å². The number of aliphatic hydroxyl groups excluding tert-OH is 1. The highest BCUT2D eigenvalue weighted by Gasteiger charge is 2.25. The minimum Gasteiger partial charge on any atom is -0.389 e. The lowest BCUT2D eigenvalue weighted by Crippen LogP contribution is -2.38. The lowest BCUT2D eigenvalue weighted by atomic mass is 10.2. The molecule has 1 saturated heterocycles. The Hall–Kier alpha value is -0.420. The van der Waals surface area contributed by atoms with Gasteiger partial charge >= 0.3 is 0 Å². The smallest absolute Gasteiger partial charge is 0.0948 e. The highest BCUT2D eigenvalue weighted by molar-refractivity contribution is 9.10. The van der Waals surface area contributed by atoms with Crippen LogP contribution in [0.5, 0.6) is 0 Å². The van der Waals surface area contributed by atoms with Crippen molar-refractivity contribution in [1.82, 2.24) is 5.32 Å². The molecule has 1 aliphatic heterocycles.